The van der Waals surface area contributed by atoms with Gasteiger partial charge in [0.15, 0.2) is 0 Å². The summed E-state index contributed by atoms with van der Waals surface area (Å²) in [6, 6.07) is 0.726. The van der Waals surface area contributed by atoms with E-state index in [0.717, 1.165) is 38.4 Å². The number of carbonyl (C=O) groups excluding carboxylic acids is 1. The predicted octanol–water partition coefficient (Wildman–Crippen LogP) is 1.85. The SMILES string of the molecule is COC12CCCC(=O)N1CC1CC2CN2CCCCC12. The normalized spacial score (nSPS) is 45.0. The summed E-state index contributed by atoms with van der Waals surface area (Å²) in [5.74, 6) is 1.53. The zero-order valence-electron chi connectivity index (χ0n) is 12.5. The molecule has 0 spiro atoms. The molecule has 4 heterocycles. The maximum Gasteiger partial charge on any atom is 0.224 e. The summed E-state index contributed by atoms with van der Waals surface area (Å²) in [6.07, 6.45) is 8.06. The molecule has 0 radical (unpaired) electrons. The van der Waals surface area contributed by atoms with Crippen molar-refractivity contribution in [2.45, 2.75) is 56.7 Å². The summed E-state index contributed by atoms with van der Waals surface area (Å²) in [6.45, 7) is 3.33. The quantitative estimate of drug-likeness (QED) is 0.734. The number of amides is 1. The minimum atomic E-state index is -0.283. The van der Waals surface area contributed by atoms with Crippen molar-refractivity contribution in [3.05, 3.63) is 0 Å². The molecule has 0 saturated carbocycles. The Morgan fingerprint density at radius 3 is 3.00 bits per heavy atom. The Kier molecular flexibility index (Phi) is 3.08. The van der Waals surface area contributed by atoms with Gasteiger partial charge in [0.05, 0.1) is 0 Å². The Hall–Kier alpha value is -0.610. The van der Waals surface area contributed by atoms with Crippen molar-refractivity contribution in [2.24, 2.45) is 11.8 Å². The van der Waals surface area contributed by atoms with E-state index >= 15 is 0 Å². The molecule has 0 aromatic heterocycles. The topological polar surface area (TPSA) is 32.8 Å². The number of hydrogen-bond acceptors (Lipinski definition) is 3. The third kappa shape index (κ3) is 1.70. The summed E-state index contributed by atoms with van der Waals surface area (Å²) in [5, 5.41) is 0. The average molecular weight is 278 g/mol. The number of ether oxygens (including phenoxy) is 1. The van der Waals surface area contributed by atoms with Crippen molar-refractivity contribution >= 4 is 5.91 Å². The van der Waals surface area contributed by atoms with Crippen LogP contribution in [0.4, 0.5) is 0 Å². The van der Waals surface area contributed by atoms with Crippen LogP contribution in [0.3, 0.4) is 0 Å². The number of rotatable bonds is 1. The van der Waals surface area contributed by atoms with Crippen LogP contribution in [-0.2, 0) is 9.53 Å². The Balaban J connectivity index is 1.67. The Morgan fingerprint density at radius 2 is 2.15 bits per heavy atom. The first kappa shape index (κ1) is 13.1. The lowest BCUT2D eigenvalue weighted by molar-refractivity contribution is -0.238. The van der Waals surface area contributed by atoms with Gasteiger partial charge in [0.1, 0.15) is 5.72 Å². The maximum absolute atomic E-state index is 12.4. The van der Waals surface area contributed by atoms with Gasteiger partial charge in [-0.1, -0.05) is 6.42 Å². The van der Waals surface area contributed by atoms with Gasteiger partial charge in [-0.25, -0.2) is 0 Å². The van der Waals surface area contributed by atoms with Crippen molar-refractivity contribution < 1.29 is 9.53 Å². The van der Waals surface area contributed by atoms with Crippen LogP contribution in [0.2, 0.25) is 0 Å². The van der Waals surface area contributed by atoms with Crippen LogP contribution in [0.1, 0.15) is 44.9 Å². The van der Waals surface area contributed by atoms with Crippen LogP contribution >= 0.6 is 0 Å². The number of fused-ring (bicyclic) bond motifs is 6. The second kappa shape index (κ2) is 4.70. The molecular formula is C16H26N2O2. The molecule has 112 valence electrons. The zero-order valence-corrected chi connectivity index (χ0v) is 12.5. The molecule has 4 unspecified atom stereocenters. The highest BCUT2D eigenvalue weighted by Gasteiger charge is 2.57. The zero-order chi connectivity index (χ0) is 13.7. The van der Waals surface area contributed by atoms with E-state index in [0.29, 0.717) is 17.7 Å². The van der Waals surface area contributed by atoms with Crippen LogP contribution < -0.4 is 0 Å². The van der Waals surface area contributed by atoms with Crippen LogP contribution in [0.5, 0.6) is 0 Å². The summed E-state index contributed by atoms with van der Waals surface area (Å²) in [4.78, 5) is 17.3. The molecule has 4 aliphatic rings. The molecule has 0 aromatic carbocycles. The molecule has 1 amide bonds. The van der Waals surface area contributed by atoms with Gasteiger partial charge in [-0.05, 0) is 44.6 Å². The molecule has 4 rings (SSSR count). The third-order valence-electron chi connectivity index (χ3n) is 6.34. The van der Waals surface area contributed by atoms with Gasteiger partial charge in [-0.15, -0.1) is 0 Å². The molecule has 4 nitrogen and oxygen atoms in total. The molecule has 4 heteroatoms. The first-order chi connectivity index (χ1) is 9.74. The van der Waals surface area contributed by atoms with Gasteiger partial charge in [0, 0.05) is 38.6 Å². The van der Waals surface area contributed by atoms with E-state index in [9.17, 15) is 4.79 Å². The summed E-state index contributed by atoms with van der Waals surface area (Å²) in [7, 11) is 1.81. The van der Waals surface area contributed by atoms with E-state index < -0.39 is 0 Å². The van der Waals surface area contributed by atoms with Crippen LogP contribution in [-0.4, -0.2) is 54.2 Å². The molecule has 0 N–H and O–H groups in total. The fourth-order valence-corrected chi connectivity index (χ4v) is 5.45. The smallest absolute Gasteiger partial charge is 0.224 e. The standard InChI is InChI=1S/C16H26N2O2/c1-20-16-7-4-6-15(19)18(16)10-12-9-13(16)11-17-8-3-2-5-14(12)17/h12-14H,2-11H2,1H3. The van der Waals surface area contributed by atoms with Crippen LogP contribution in [0.25, 0.3) is 0 Å². The van der Waals surface area contributed by atoms with Crippen molar-refractivity contribution in [3.63, 3.8) is 0 Å². The Bertz CT molecular complexity index is 413. The Labute approximate surface area is 121 Å². The van der Waals surface area contributed by atoms with Gasteiger partial charge >= 0.3 is 0 Å². The number of hydrogen-bond donors (Lipinski definition) is 0. The molecule has 2 bridgehead atoms. The Morgan fingerprint density at radius 1 is 1.25 bits per heavy atom. The van der Waals surface area contributed by atoms with Crippen LogP contribution in [0.15, 0.2) is 0 Å². The van der Waals surface area contributed by atoms with E-state index in [2.05, 4.69) is 9.80 Å². The molecule has 20 heavy (non-hydrogen) atoms. The fourth-order valence-electron chi connectivity index (χ4n) is 5.45. The summed E-state index contributed by atoms with van der Waals surface area (Å²) < 4.78 is 6.00. The van der Waals surface area contributed by atoms with E-state index in [1.807, 2.05) is 7.11 Å². The molecule has 4 atom stereocenters. The van der Waals surface area contributed by atoms with Crippen molar-refractivity contribution in [2.75, 3.05) is 26.7 Å². The highest BCUT2D eigenvalue weighted by atomic mass is 16.5. The van der Waals surface area contributed by atoms with Gasteiger partial charge in [-0.2, -0.15) is 0 Å². The lowest BCUT2D eigenvalue weighted by atomic mass is 9.69. The van der Waals surface area contributed by atoms with E-state index in [1.54, 1.807) is 0 Å². The second-order valence-electron chi connectivity index (χ2n) is 7.16. The summed E-state index contributed by atoms with van der Waals surface area (Å²) in [5.41, 5.74) is -0.283. The summed E-state index contributed by atoms with van der Waals surface area (Å²) >= 11 is 0. The minimum Gasteiger partial charge on any atom is -0.358 e. The lowest BCUT2D eigenvalue weighted by Gasteiger charge is -2.61. The number of piperidine rings is 4. The molecule has 0 aromatic rings. The average Bonchev–Trinajstić information content (AvgIpc) is 2.49. The monoisotopic (exact) mass is 278 g/mol. The first-order valence-corrected chi connectivity index (χ1v) is 8.34. The largest absolute Gasteiger partial charge is 0.358 e. The fraction of sp³-hybridized carbons (Fsp3) is 0.938. The minimum absolute atomic E-state index is 0.283. The molecule has 4 aliphatic heterocycles. The highest BCUT2D eigenvalue weighted by molar-refractivity contribution is 5.78. The number of nitrogens with zero attached hydrogens (tertiary/aromatic N) is 2. The van der Waals surface area contributed by atoms with Gasteiger partial charge < -0.3 is 9.64 Å². The van der Waals surface area contributed by atoms with Crippen molar-refractivity contribution in [1.29, 1.82) is 0 Å². The van der Waals surface area contributed by atoms with Gasteiger partial charge in [0.25, 0.3) is 0 Å². The van der Waals surface area contributed by atoms with Crippen LogP contribution in [0, 0.1) is 11.8 Å². The van der Waals surface area contributed by atoms with E-state index in [1.165, 1.54) is 32.2 Å². The number of methoxy groups -OCH3 is 1. The van der Waals surface area contributed by atoms with E-state index in [-0.39, 0.29) is 5.72 Å². The lowest BCUT2D eigenvalue weighted by Crippen LogP contribution is -2.71. The van der Waals surface area contributed by atoms with E-state index in [4.69, 9.17) is 4.74 Å². The third-order valence-corrected chi connectivity index (χ3v) is 6.34. The van der Waals surface area contributed by atoms with Gasteiger partial charge in [0.2, 0.25) is 5.91 Å². The predicted molar refractivity (Wildman–Crippen MR) is 76.1 cm³/mol. The first-order valence-electron chi connectivity index (χ1n) is 8.34. The van der Waals surface area contributed by atoms with Gasteiger partial charge in [-0.3, -0.25) is 9.69 Å². The number of carbonyl (C=O) groups is 1. The molecule has 4 saturated heterocycles. The molecule has 0 aliphatic carbocycles. The van der Waals surface area contributed by atoms with Crippen molar-refractivity contribution in [3.8, 4) is 0 Å². The molecule has 4 fully saturated rings. The van der Waals surface area contributed by atoms with Crippen molar-refractivity contribution in [1.82, 2.24) is 9.80 Å². The molecular weight excluding hydrogens is 252 g/mol. The highest BCUT2D eigenvalue weighted by Crippen LogP contribution is 2.49. The second-order valence-corrected chi connectivity index (χ2v) is 7.16. The maximum atomic E-state index is 12.4.